The Morgan fingerprint density at radius 2 is 2.00 bits per heavy atom. The summed E-state index contributed by atoms with van der Waals surface area (Å²) in [5.41, 5.74) is 2.35. The van der Waals surface area contributed by atoms with Crippen LogP contribution in [-0.2, 0) is 39.0 Å². The van der Waals surface area contributed by atoms with Crippen molar-refractivity contribution in [2.24, 2.45) is 5.92 Å². The second kappa shape index (κ2) is 8.08. The lowest BCUT2D eigenvalue weighted by molar-refractivity contribution is -0.620. The Hall–Kier alpha value is -2.52. The predicted octanol–water partition coefficient (Wildman–Crippen LogP) is 1.35. The summed E-state index contributed by atoms with van der Waals surface area (Å²) in [6.07, 6.45) is 6.53. The number of fused-ring (bicyclic) bond motifs is 1. The van der Waals surface area contributed by atoms with Gasteiger partial charge in [0.05, 0.1) is 17.0 Å². The fourth-order valence-corrected chi connectivity index (χ4v) is 5.45. The number of aryl methyl sites for hydroxylation is 2. The molecule has 2 heterocycles. The zero-order valence-electron chi connectivity index (χ0n) is 16.0. The quantitative estimate of drug-likeness (QED) is 0.413. The third-order valence-corrected chi connectivity index (χ3v) is 7.52. The molecule has 1 fully saturated rings. The number of esters is 1. The Balaban J connectivity index is 1.35. The van der Waals surface area contributed by atoms with Gasteiger partial charge in [-0.15, -0.1) is 0 Å². The largest absolute Gasteiger partial charge is 0.711 e. The summed E-state index contributed by atoms with van der Waals surface area (Å²) in [5.74, 6) is -0.701. The van der Waals surface area contributed by atoms with E-state index in [-0.39, 0.29) is 31.4 Å². The molecular formula is C20H23N3O5S. The van der Waals surface area contributed by atoms with Crippen molar-refractivity contribution in [3.8, 4) is 0 Å². The van der Waals surface area contributed by atoms with Gasteiger partial charge in [-0.1, -0.05) is 6.07 Å². The normalized spacial score (nSPS) is 17.8. The molecule has 0 saturated carbocycles. The van der Waals surface area contributed by atoms with Crippen molar-refractivity contribution in [3.05, 3.63) is 58.8 Å². The number of nitrogens with zero attached hydrogens (tertiary/aromatic N) is 3. The first-order valence-electron chi connectivity index (χ1n) is 9.77. The Labute approximate surface area is 169 Å². The molecule has 0 N–H and O–H groups in total. The standard InChI is InChI=1S/C20H23N3O5S/c24-20(28-14-19-21-9-2-10-23(19)25)16-7-11-22(12-8-16)29(26,27)18-6-5-15-3-1-4-17(15)13-18/h2,5-6,9-10,13,16H,1,3-4,7-8,11-12,14H2. The summed E-state index contributed by atoms with van der Waals surface area (Å²) < 4.78 is 33.2. The maximum atomic E-state index is 13.0. The number of carbonyl (C=O) groups excluding carboxylic acids is 1. The first-order valence-corrected chi connectivity index (χ1v) is 11.2. The monoisotopic (exact) mass is 417 g/mol. The van der Waals surface area contributed by atoms with E-state index in [0.717, 1.165) is 24.8 Å². The van der Waals surface area contributed by atoms with Crippen molar-refractivity contribution in [2.75, 3.05) is 13.1 Å². The molecule has 0 radical (unpaired) electrons. The Bertz CT molecular complexity index is 1020. The first-order chi connectivity index (χ1) is 13.9. The fraction of sp³-hybridized carbons (Fsp3) is 0.450. The third-order valence-electron chi connectivity index (χ3n) is 5.62. The van der Waals surface area contributed by atoms with Gasteiger partial charge in [0, 0.05) is 19.2 Å². The van der Waals surface area contributed by atoms with Crippen LogP contribution in [0, 0.1) is 11.1 Å². The smallest absolute Gasteiger partial charge is 0.339 e. The lowest BCUT2D eigenvalue weighted by Gasteiger charge is -2.30. The summed E-state index contributed by atoms with van der Waals surface area (Å²) >= 11 is 0. The Kier molecular flexibility index (Phi) is 5.51. The van der Waals surface area contributed by atoms with Crippen molar-refractivity contribution in [1.29, 1.82) is 0 Å². The van der Waals surface area contributed by atoms with Crippen LogP contribution >= 0.6 is 0 Å². The summed E-state index contributed by atoms with van der Waals surface area (Å²) in [6.45, 7) is 0.339. The lowest BCUT2D eigenvalue weighted by atomic mass is 9.98. The molecule has 4 rings (SSSR count). The van der Waals surface area contributed by atoms with Crippen LogP contribution in [0.25, 0.3) is 0 Å². The topological polar surface area (TPSA) is 104 Å². The molecule has 9 heteroatoms. The van der Waals surface area contributed by atoms with Crippen LogP contribution in [0.2, 0.25) is 0 Å². The summed E-state index contributed by atoms with van der Waals surface area (Å²) in [5, 5.41) is 11.6. The van der Waals surface area contributed by atoms with Gasteiger partial charge in [0.15, 0.2) is 6.61 Å². The summed E-state index contributed by atoms with van der Waals surface area (Å²) in [4.78, 5) is 16.5. The van der Waals surface area contributed by atoms with E-state index in [0.29, 0.717) is 22.5 Å². The van der Waals surface area contributed by atoms with E-state index in [1.165, 1.54) is 28.3 Å². The third kappa shape index (κ3) is 4.11. The van der Waals surface area contributed by atoms with Gasteiger partial charge in [-0.25, -0.2) is 13.1 Å². The predicted molar refractivity (Wildman–Crippen MR) is 103 cm³/mol. The zero-order chi connectivity index (χ0) is 20.4. The number of ether oxygens (including phenoxy) is 1. The molecule has 8 nitrogen and oxygen atoms in total. The molecule has 2 aromatic rings. The van der Waals surface area contributed by atoms with Crippen molar-refractivity contribution in [2.45, 2.75) is 43.6 Å². The van der Waals surface area contributed by atoms with Crippen molar-refractivity contribution < 1.29 is 22.7 Å². The summed E-state index contributed by atoms with van der Waals surface area (Å²) in [6, 6.07) is 6.89. The molecule has 29 heavy (non-hydrogen) atoms. The fourth-order valence-electron chi connectivity index (χ4n) is 3.93. The molecular weight excluding hydrogens is 394 g/mol. The molecule has 0 amide bonds. The molecule has 0 bridgehead atoms. The van der Waals surface area contributed by atoms with Gasteiger partial charge in [0.25, 0.3) is 0 Å². The molecule has 154 valence electrons. The number of aromatic nitrogens is 2. The average molecular weight is 417 g/mol. The van der Waals surface area contributed by atoms with Crippen LogP contribution in [-0.4, -0.2) is 36.8 Å². The van der Waals surface area contributed by atoms with E-state index >= 15 is 0 Å². The molecule has 1 saturated heterocycles. The Morgan fingerprint density at radius 1 is 1.24 bits per heavy atom. The highest BCUT2D eigenvalue weighted by Gasteiger charge is 2.33. The molecule has 1 aliphatic carbocycles. The molecule has 1 aromatic heterocycles. The number of rotatable bonds is 5. The highest BCUT2D eigenvalue weighted by molar-refractivity contribution is 7.89. The minimum atomic E-state index is -3.57. The van der Waals surface area contributed by atoms with Crippen LogP contribution in [0.5, 0.6) is 0 Å². The van der Waals surface area contributed by atoms with Crippen molar-refractivity contribution in [1.82, 2.24) is 9.29 Å². The van der Waals surface area contributed by atoms with E-state index in [2.05, 4.69) is 4.98 Å². The molecule has 1 aromatic carbocycles. The van der Waals surface area contributed by atoms with E-state index < -0.39 is 16.0 Å². The van der Waals surface area contributed by atoms with E-state index in [1.807, 2.05) is 6.07 Å². The molecule has 1 aliphatic heterocycles. The highest BCUT2D eigenvalue weighted by atomic mass is 32.2. The number of carbonyl (C=O) groups is 1. The number of sulfonamides is 1. The Morgan fingerprint density at radius 3 is 2.76 bits per heavy atom. The molecule has 0 atom stereocenters. The van der Waals surface area contributed by atoms with Crippen molar-refractivity contribution in [3.63, 3.8) is 0 Å². The van der Waals surface area contributed by atoms with Crippen LogP contribution < -0.4 is 4.73 Å². The minimum Gasteiger partial charge on any atom is -0.711 e. The number of piperidine rings is 1. The van der Waals surface area contributed by atoms with E-state index in [9.17, 15) is 18.4 Å². The molecule has 0 unspecified atom stereocenters. The van der Waals surface area contributed by atoms with Gasteiger partial charge in [0.1, 0.15) is 6.20 Å². The van der Waals surface area contributed by atoms with Gasteiger partial charge < -0.3 is 9.94 Å². The lowest BCUT2D eigenvalue weighted by Crippen LogP contribution is -2.41. The van der Waals surface area contributed by atoms with E-state index in [4.69, 9.17) is 4.74 Å². The zero-order valence-corrected chi connectivity index (χ0v) is 16.8. The van der Waals surface area contributed by atoms with Crippen LogP contribution in [0.1, 0.15) is 36.2 Å². The maximum absolute atomic E-state index is 13.0. The average Bonchev–Trinajstić information content (AvgIpc) is 3.21. The van der Waals surface area contributed by atoms with E-state index in [1.54, 1.807) is 12.1 Å². The highest BCUT2D eigenvalue weighted by Crippen LogP contribution is 2.28. The van der Waals surface area contributed by atoms with Gasteiger partial charge >= 0.3 is 11.8 Å². The van der Waals surface area contributed by atoms with Gasteiger partial charge in [-0.2, -0.15) is 4.31 Å². The first kappa shape index (κ1) is 19.8. The number of benzene rings is 1. The second-order valence-corrected chi connectivity index (χ2v) is 9.37. The van der Waals surface area contributed by atoms with Crippen LogP contribution in [0.4, 0.5) is 0 Å². The van der Waals surface area contributed by atoms with Crippen molar-refractivity contribution >= 4 is 16.0 Å². The van der Waals surface area contributed by atoms with Crippen LogP contribution in [0.15, 0.2) is 41.6 Å². The minimum absolute atomic E-state index is 0.109. The number of hydrogen-bond acceptors (Lipinski definition) is 6. The molecule has 0 spiro atoms. The van der Waals surface area contributed by atoms with Gasteiger partial charge in [0.2, 0.25) is 10.0 Å². The molecule has 2 aliphatic rings. The maximum Gasteiger partial charge on any atom is 0.339 e. The number of hydrogen-bond donors (Lipinski definition) is 0. The van der Waals surface area contributed by atoms with Gasteiger partial charge in [-0.05, 0) is 60.3 Å². The van der Waals surface area contributed by atoms with Crippen LogP contribution in [0.3, 0.4) is 0 Å². The second-order valence-electron chi connectivity index (χ2n) is 7.43. The van der Waals surface area contributed by atoms with Gasteiger partial charge in [-0.3, -0.25) is 4.79 Å². The summed E-state index contributed by atoms with van der Waals surface area (Å²) in [7, 11) is -3.57. The SMILES string of the molecule is O=C(OCc1nccc[n+]1[O-])C1CCN(S(=O)(=O)c2ccc3c(c2)CCC3)CC1.